The standard InChI is InChI=1S/C10H13F2NO4S/c11-8-5-9(12)7-10(6-8)18(15,16)13-1-3-17-4-2-14/h5-7,13-14H,1-4H2. The van der Waals surface area contributed by atoms with Gasteiger partial charge in [0.05, 0.1) is 24.7 Å². The van der Waals surface area contributed by atoms with Gasteiger partial charge in [0, 0.05) is 12.6 Å². The molecule has 0 unspecified atom stereocenters. The number of benzene rings is 1. The first-order chi connectivity index (χ1) is 8.45. The summed E-state index contributed by atoms with van der Waals surface area (Å²) >= 11 is 0. The van der Waals surface area contributed by atoms with E-state index in [4.69, 9.17) is 9.84 Å². The zero-order valence-corrected chi connectivity index (χ0v) is 10.2. The van der Waals surface area contributed by atoms with Gasteiger partial charge in [-0.3, -0.25) is 0 Å². The molecular formula is C10H13F2NO4S. The van der Waals surface area contributed by atoms with Gasteiger partial charge in [0.2, 0.25) is 10.0 Å². The predicted octanol–water partition coefficient (Wildman–Crippen LogP) is 0.252. The third kappa shape index (κ3) is 4.65. The van der Waals surface area contributed by atoms with Gasteiger partial charge >= 0.3 is 0 Å². The number of ether oxygens (including phenoxy) is 1. The Morgan fingerprint density at radius 1 is 1.17 bits per heavy atom. The highest BCUT2D eigenvalue weighted by Crippen LogP contribution is 2.13. The highest BCUT2D eigenvalue weighted by molar-refractivity contribution is 7.89. The number of hydrogen-bond donors (Lipinski definition) is 2. The number of hydrogen-bond acceptors (Lipinski definition) is 4. The zero-order valence-electron chi connectivity index (χ0n) is 9.40. The molecule has 0 radical (unpaired) electrons. The predicted molar refractivity (Wildman–Crippen MR) is 59.5 cm³/mol. The van der Waals surface area contributed by atoms with Crippen LogP contribution in [-0.2, 0) is 14.8 Å². The third-order valence-corrected chi connectivity index (χ3v) is 3.36. The summed E-state index contributed by atoms with van der Waals surface area (Å²) in [6, 6.07) is 2.03. The number of rotatable bonds is 7. The van der Waals surface area contributed by atoms with Crippen molar-refractivity contribution in [2.75, 3.05) is 26.4 Å². The number of aliphatic hydroxyl groups is 1. The van der Waals surface area contributed by atoms with E-state index >= 15 is 0 Å². The average molecular weight is 281 g/mol. The van der Waals surface area contributed by atoms with Gasteiger partial charge in [-0.05, 0) is 12.1 Å². The minimum atomic E-state index is -3.96. The minimum absolute atomic E-state index is 0.0532. The van der Waals surface area contributed by atoms with Crippen LogP contribution in [0.25, 0.3) is 0 Å². The highest BCUT2D eigenvalue weighted by atomic mass is 32.2. The summed E-state index contributed by atoms with van der Waals surface area (Å²) in [4.78, 5) is -0.484. The van der Waals surface area contributed by atoms with Crippen LogP contribution in [-0.4, -0.2) is 39.9 Å². The number of sulfonamides is 1. The van der Waals surface area contributed by atoms with Crippen molar-refractivity contribution >= 4 is 10.0 Å². The summed E-state index contributed by atoms with van der Waals surface area (Å²) in [7, 11) is -3.96. The van der Waals surface area contributed by atoms with Gasteiger partial charge < -0.3 is 9.84 Å². The van der Waals surface area contributed by atoms with Gasteiger partial charge in [-0.1, -0.05) is 0 Å². The van der Waals surface area contributed by atoms with E-state index in [-0.39, 0.29) is 26.4 Å². The molecule has 2 N–H and O–H groups in total. The van der Waals surface area contributed by atoms with Crippen LogP contribution in [0.4, 0.5) is 8.78 Å². The van der Waals surface area contributed by atoms with Gasteiger partial charge in [0.1, 0.15) is 11.6 Å². The molecule has 0 saturated carbocycles. The molecule has 0 amide bonds. The van der Waals surface area contributed by atoms with Crippen LogP contribution in [0, 0.1) is 11.6 Å². The second-order valence-electron chi connectivity index (χ2n) is 3.34. The number of nitrogens with one attached hydrogen (secondary N) is 1. The van der Waals surface area contributed by atoms with Gasteiger partial charge in [0.25, 0.3) is 0 Å². The molecule has 0 bridgehead atoms. The van der Waals surface area contributed by atoms with Gasteiger partial charge in [-0.15, -0.1) is 0 Å². The Bertz CT molecular complexity index is 472. The lowest BCUT2D eigenvalue weighted by atomic mass is 10.3. The van der Waals surface area contributed by atoms with E-state index in [1.807, 2.05) is 0 Å². The fraction of sp³-hybridized carbons (Fsp3) is 0.400. The van der Waals surface area contributed by atoms with Gasteiger partial charge in [0.15, 0.2) is 0 Å². The first-order valence-corrected chi connectivity index (χ1v) is 6.58. The number of halogens is 2. The molecule has 1 aromatic rings. The second kappa shape index (κ2) is 6.74. The molecule has 1 aromatic carbocycles. The van der Waals surface area contributed by atoms with Crippen LogP contribution in [0.1, 0.15) is 0 Å². The van der Waals surface area contributed by atoms with Crippen LogP contribution in [0.3, 0.4) is 0 Å². The first-order valence-electron chi connectivity index (χ1n) is 5.10. The Balaban J connectivity index is 2.63. The lowest BCUT2D eigenvalue weighted by molar-refractivity contribution is 0.0961. The molecule has 102 valence electrons. The van der Waals surface area contributed by atoms with Crippen LogP contribution in [0.15, 0.2) is 23.1 Å². The van der Waals surface area contributed by atoms with Crippen molar-refractivity contribution in [2.24, 2.45) is 0 Å². The van der Waals surface area contributed by atoms with Crippen LogP contribution in [0.2, 0.25) is 0 Å². The molecule has 5 nitrogen and oxygen atoms in total. The Hall–Kier alpha value is -1.09. The van der Waals surface area contributed by atoms with Crippen LogP contribution < -0.4 is 4.72 Å². The van der Waals surface area contributed by atoms with Crippen LogP contribution in [0.5, 0.6) is 0 Å². The third-order valence-electron chi connectivity index (χ3n) is 1.92. The second-order valence-corrected chi connectivity index (χ2v) is 5.11. The van der Waals surface area contributed by atoms with E-state index in [1.54, 1.807) is 0 Å². The molecule has 0 aromatic heterocycles. The molecule has 0 aliphatic rings. The van der Waals surface area contributed by atoms with Crippen molar-refractivity contribution in [3.63, 3.8) is 0 Å². The Morgan fingerprint density at radius 3 is 2.33 bits per heavy atom. The monoisotopic (exact) mass is 281 g/mol. The molecule has 18 heavy (non-hydrogen) atoms. The van der Waals surface area contributed by atoms with Crippen molar-refractivity contribution in [2.45, 2.75) is 4.90 Å². The van der Waals surface area contributed by atoms with Crippen molar-refractivity contribution in [1.82, 2.24) is 4.72 Å². The molecule has 0 fully saturated rings. The molecule has 0 heterocycles. The summed E-state index contributed by atoms with van der Waals surface area (Å²) in [5.74, 6) is -1.93. The normalized spacial score (nSPS) is 11.7. The first kappa shape index (κ1) is 15.0. The van der Waals surface area contributed by atoms with E-state index < -0.39 is 26.6 Å². The van der Waals surface area contributed by atoms with Crippen LogP contribution >= 0.6 is 0 Å². The summed E-state index contributed by atoms with van der Waals surface area (Å²) in [5, 5.41) is 8.42. The maximum absolute atomic E-state index is 12.9. The van der Waals surface area contributed by atoms with Gasteiger partial charge in [-0.2, -0.15) is 0 Å². The quantitative estimate of drug-likeness (QED) is 0.703. The molecule has 8 heteroatoms. The molecule has 1 rings (SSSR count). The molecule has 0 spiro atoms. The SMILES string of the molecule is O=S(=O)(NCCOCCO)c1cc(F)cc(F)c1. The topological polar surface area (TPSA) is 75.6 Å². The molecule has 0 aliphatic carbocycles. The average Bonchev–Trinajstić information content (AvgIpc) is 2.27. The lowest BCUT2D eigenvalue weighted by Crippen LogP contribution is -2.28. The van der Waals surface area contributed by atoms with E-state index in [1.165, 1.54) is 0 Å². The van der Waals surface area contributed by atoms with Crippen molar-refractivity contribution < 1.29 is 27.0 Å². The van der Waals surface area contributed by atoms with Crippen molar-refractivity contribution in [3.05, 3.63) is 29.8 Å². The van der Waals surface area contributed by atoms with Crippen molar-refractivity contribution in [1.29, 1.82) is 0 Å². The summed E-state index contributed by atoms with van der Waals surface area (Å²) < 4.78 is 55.9. The van der Waals surface area contributed by atoms with E-state index in [0.29, 0.717) is 6.07 Å². The number of aliphatic hydroxyl groups excluding tert-OH is 1. The molecule has 0 saturated heterocycles. The maximum atomic E-state index is 12.9. The summed E-state index contributed by atoms with van der Waals surface area (Å²) in [6.07, 6.45) is 0. The lowest BCUT2D eigenvalue weighted by Gasteiger charge is -2.07. The summed E-state index contributed by atoms with van der Waals surface area (Å²) in [6.45, 7) is -0.0732. The Morgan fingerprint density at radius 2 is 1.78 bits per heavy atom. The minimum Gasteiger partial charge on any atom is -0.394 e. The zero-order chi connectivity index (χ0) is 13.6. The Labute approximate surface area is 103 Å². The molecule has 0 atom stereocenters. The highest BCUT2D eigenvalue weighted by Gasteiger charge is 2.15. The largest absolute Gasteiger partial charge is 0.394 e. The smallest absolute Gasteiger partial charge is 0.240 e. The van der Waals surface area contributed by atoms with E-state index in [2.05, 4.69) is 4.72 Å². The molecule has 0 aliphatic heterocycles. The van der Waals surface area contributed by atoms with Gasteiger partial charge in [-0.25, -0.2) is 21.9 Å². The van der Waals surface area contributed by atoms with Crippen molar-refractivity contribution in [3.8, 4) is 0 Å². The van der Waals surface area contributed by atoms with E-state index in [0.717, 1.165) is 12.1 Å². The van der Waals surface area contributed by atoms with E-state index in [9.17, 15) is 17.2 Å². The fourth-order valence-electron chi connectivity index (χ4n) is 1.18. The maximum Gasteiger partial charge on any atom is 0.240 e. The molecular weight excluding hydrogens is 268 g/mol. The summed E-state index contributed by atoms with van der Waals surface area (Å²) in [5.41, 5.74) is 0. The Kier molecular flexibility index (Phi) is 5.60. The fourth-order valence-corrected chi connectivity index (χ4v) is 2.24.